The lowest BCUT2D eigenvalue weighted by atomic mass is 10.4. The zero-order valence-corrected chi connectivity index (χ0v) is 10.8. The normalized spacial score (nSPS) is 9.26. The summed E-state index contributed by atoms with van der Waals surface area (Å²) in [5, 5.41) is 29.6. The van der Waals surface area contributed by atoms with E-state index >= 15 is 0 Å². The van der Waals surface area contributed by atoms with E-state index in [2.05, 4.69) is 0 Å². The van der Waals surface area contributed by atoms with Gasteiger partial charge in [0.15, 0.2) is 0 Å². The van der Waals surface area contributed by atoms with Crippen molar-refractivity contribution in [2.45, 2.75) is 0 Å². The Balaban J connectivity index is 0.000000200. The maximum absolute atomic E-state index is 10.2. The lowest BCUT2D eigenvalue weighted by Gasteiger charge is -1.80. The lowest BCUT2D eigenvalue weighted by Crippen LogP contribution is -1.90. The molecule has 0 aromatic carbocycles. The van der Waals surface area contributed by atoms with Gasteiger partial charge in [-0.05, 0) is 11.4 Å². The molecule has 2 N–H and O–H groups in total. The van der Waals surface area contributed by atoms with Crippen LogP contribution in [0, 0.1) is 10.1 Å². The van der Waals surface area contributed by atoms with E-state index in [0.717, 1.165) is 17.4 Å². The number of carboxylic acid groups (broad SMARTS) is 2. The van der Waals surface area contributed by atoms with E-state index in [9.17, 15) is 19.7 Å². The maximum atomic E-state index is 10.2. The van der Waals surface area contributed by atoms with Crippen LogP contribution in [-0.4, -0.2) is 27.1 Å². The molecule has 0 bridgehead atoms. The van der Waals surface area contributed by atoms with Crippen molar-refractivity contribution in [1.29, 1.82) is 0 Å². The van der Waals surface area contributed by atoms with Crippen molar-refractivity contribution in [3.8, 4) is 0 Å². The number of aromatic carboxylic acids is 2. The van der Waals surface area contributed by atoms with Crippen LogP contribution in [0.5, 0.6) is 0 Å². The van der Waals surface area contributed by atoms with E-state index in [4.69, 9.17) is 10.2 Å². The topological polar surface area (TPSA) is 118 Å². The lowest BCUT2D eigenvalue weighted by molar-refractivity contribution is -0.384. The molecule has 0 aliphatic heterocycles. The van der Waals surface area contributed by atoms with Gasteiger partial charge in [-0.2, -0.15) is 0 Å². The van der Waals surface area contributed by atoms with Crippen molar-refractivity contribution < 1.29 is 24.7 Å². The van der Waals surface area contributed by atoms with E-state index in [-0.39, 0.29) is 10.6 Å². The smallest absolute Gasteiger partial charge is 0.346 e. The molecule has 0 radical (unpaired) electrons. The first-order valence-electron chi connectivity index (χ1n) is 4.65. The van der Waals surface area contributed by atoms with Crippen molar-refractivity contribution in [3.63, 3.8) is 0 Å². The van der Waals surface area contributed by atoms with Gasteiger partial charge in [-0.1, -0.05) is 6.07 Å². The molecule has 7 nitrogen and oxygen atoms in total. The second kappa shape index (κ2) is 6.61. The van der Waals surface area contributed by atoms with Crippen LogP contribution in [0.3, 0.4) is 0 Å². The van der Waals surface area contributed by atoms with E-state index < -0.39 is 16.9 Å². The van der Waals surface area contributed by atoms with Gasteiger partial charge in [-0.25, -0.2) is 9.59 Å². The van der Waals surface area contributed by atoms with Gasteiger partial charge in [0.2, 0.25) is 0 Å². The third-order valence-corrected chi connectivity index (χ3v) is 3.50. The Morgan fingerprint density at radius 1 is 1.16 bits per heavy atom. The standard InChI is InChI=1S/C5H3NO4S.C5H4O2S/c7-5(8)4-1-3(2-11-4)6(9)10;6-5(7)4-2-1-3-8-4/h1-2H,(H,7,8);1-3H,(H,6,7). The molecule has 100 valence electrons. The zero-order valence-electron chi connectivity index (χ0n) is 9.18. The minimum absolute atomic E-state index is 0.0169. The molecule has 0 fully saturated rings. The van der Waals surface area contributed by atoms with Gasteiger partial charge in [0.25, 0.3) is 5.69 Å². The molecule has 0 saturated carbocycles. The number of carbonyl (C=O) groups is 2. The molecule has 0 aliphatic carbocycles. The van der Waals surface area contributed by atoms with Gasteiger partial charge < -0.3 is 10.2 Å². The van der Waals surface area contributed by atoms with E-state index in [0.29, 0.717) is 4.88 Å². The van der Waals surface area contributed by atoms with Gasteiger partial charge in [0.05, 0.1) is 10.3 Å². The minimum Gasteiger partial charge on any atom is -0.477 e. The summed E-state index contributed by atoms with van der Waals surface area (Å²) in [6.07, 6.45) is 0. The van der Waals surface area contributed by atoms with Crippen LogP contribution in [0.2, 0.25) is 0 Å². The van der Waals surface area contributed by atoms with Gasteiger partial charge >= 0.3 is 11.9 Å². The third kappa shape index (κ3) is 4.48. The summed E-state index contributed by atoms with van der Waals surface area (Å²) >= 11 is 2.08. The number of nitrogens with zero attached hydrogens (tertiary/aromatic N) is 1. The highest BCUT2D eigenvalue weighted by Gasteiger charge is 2.13. The Bertz CT molecular complexity index is 560. The second-order valence-corrected chi connectivity index (χ2v) is 4.87. The molecule has 0 aliphatic rings. The molecular weight excluding hydrogens is 294 g/mol. The summed E-state index contributed by atoms with van der Waals surface area (Å²) in [6, 6.07) is 4.33. The minimum atomic E-state index is -1.14. The highest BCUT2D eigenvalue weighted by molar-refractivity contribution is 7.12. The molecular formula is C10H7NO6S2. The van der Waals surface area contributed by atoms with Crippen LogP contribution in [0.1, 0.15) is 19.3 Å². The van der Waals surface area contributed by atoms with Crippen molar-refractivity contribution in [2.75, 3.05) is 0 Å². The number of nitro groups is 1. The van der Waals surface area contributed by atoms with Crippen molar-refractivity contribution in [3.05, 3.63) is 48.8 Å². The summed E-state index contributed by atoms with van der Waals surface area (Å²) in [5.74, 6) is -1.98. The van der Waals surface area contributed by atoms with Crippen LogP contribution >= 0.6 is 22.7 Å². The molecule has 9 heteroatoms. The van der Waals surface area contributed by atoms with E-state index in [1.54, 1.807) is 17.5 Å². The van der Waals surface area contributed by atoms with Crippen molar-refractivity contribution in [2.24, 2.45) is 0 Å². The molecule has 2 aromatic rings. The summed E-state index contributed by atoms with van der Waals surface area (Å²) in [6.45, 7) is 0. The SMILES string of the molecule is O=C(O)c1cc([N+](=O)[O-])cs1.O=C(O)c1cccs1. The fraction of sp³-hybridized carbons (Fsp3) is 0. The first kappa shape index (κ1) is 14.8. The van der Waals surface area contributed by atoms with Crippen LogP contribution in [0.25, 0.3) is 0 Å². The quantitative estimate of drug-likeness (QED) is 0.664. The fourth-order valence-corrected chi connectivity index (χ4v) is 2.19. The molecule has 0 unspecified atom stereocenters. The third-order valence-electron chi connectivity index (χ3n) is 1.74. The van der Waals surface area contributed by atoms with Crippen molar-refractivity contribution in [1.82, 2.24) is 0 Å². The number of hydrogen-bond acceptors (Lipinski definition) is 6. The molecule has 19 heavy (non-hydrogen) atoms. The van der Waals surface area contributed by atoms with Crippen molar-refractivity contribution >= 4 is 40.3 Å². The Hall–Kier alpha value is -2.26. The van der Waals surface area contributed by atoms with E-state index in [1.165, 1.54) is 16.7 Å². The van der Waals surface area contributed by atoms with E-state index in [1.807, 2.05) is 0 Å². The highest BCUT2D eigenvalue weighted by Crippen LogP contribution is 2.20. The number of carboxylic acids is 2. The maximum Gasteiger partial charge on any atom is 0.346 e. The Morgan fingerprint density at radius 3 is 2.05 bits per heavy atom. The monoisotopic (exact) mass is 301 g/mol. The largest absolute Gasteiger partial charge is 0.477 e. The van der Waals surface area contributed by atoms with Crippen LogP contribution in [0.15, 0.2) is 29.0 Å². The molecule has 0 spiro atoms. The predicted molar refractivity (Wildman–Crippen MR) is 69.2 cm³/mol. The first-order chi connectivity index (χ1) is 8.91. The Morgan fingerprint density at radius 2 is 1.79 bits per heavy atom. The second-order valence-electron chi connectivity index (χ2n) is 3.01. The molecule has 0 atom stereocenters. The average molecular weight is 301 g/mol. The summed E-state index contributed by atoms with van der Waals surface area (Å²) in [4.78, 5) is 30.1. The Kier molecular flexibility index (Phi) is 5.15. The highest BCUT2D eigenvalue weighted by atomic mass is 32.1. The van der Waals surface area contributed by atoms with Crippen LogP contribution < -0.4 is 0 Å². The fourth-order valence-electron chi connectivity index (χ4n) is 0.934. The Labute approximate surface area is 114 Å². The molecule has 2 aromatic heterocycles. The summed E-state index contributed by atoms with van der Waals surface area (Å²) < 4.78 is 0. The predicted octanol–water partition coefficient (Wildman–Crippen LogP) is 2.80. The average Bonchev–Trinajstić information content (AvgIpc) is 3.02. The zero-order chi connectivity index (χ0) is 14.4. The number of rotatable bonds is 3. The van der Waals surface area contributed by atoms with Gasteiger partial charge in [0, 0.05) is 6.07 Å². The molecule has 2 heterocycles. The van der Waals surface area contributed by atoms with Crippen LogP contribution in [0.4, 0.5) is 5.69 Å². The molecule has 2 rings (SSSR count). The number of thiophene rings is 2. The first-order valence-corrected chi connectivity index (χ1v) is 6.40. The van der Waals surface area contributed by atoms with Gasteiger partial charge in [-0.3, -0.25) is 10.1 Å². The van der Waals surface area contributed by atoms with Gasteiger partial charge in [-0.15, -0.1) is 22.7 Å². The summed E-state index contributed by atoms with van der Waals surface area (Å²) in [7, 11) is 0. The number of hydrogen-bond donors (Lipinski definition) is 2. The molecule has 0 amide bonds. The summed E-state index contributed by atoms with van der Waals surface area (Å²) in [5.41, 5.74) is -0.174. The molecule has 0 saturated heterocycles. The van der Waals surface area contributed by atoms with Crippen LogP contribution in [-0.2, 0) is 0 Å². The van der Waals surface area contributed by atoms with Gasteiger partial charge in [0.1, 0.15) is 9.75 Å².